The molecule has 1 aromatic rings. The lowest BCUT2D eigenvalue weighted by atomic mass is 9.89. The van der Waals surface area contributed by atoms with Crippen molar-refractivity contribution in [1.82, 2.24) is 20.2 Å². The quantitative estimate of drug-likeness (QED) is 0.754. The van der Waals surface area contributed by atoms with Crippen LogP contribution in [0.15, 0.2) is 4.79 Å². The number of hydrogen-bond donors (Lipinski definition) is 2. The highest BCUT2D eigenvalue weighted by Gasteiger charge is 2.39. The molecule has 2 aliphatic heterocycles. The predicted molar refractivity (Wildman–Crippen MR) is 85.5 cm³/mol. The Labute approximate surface area is 139 Å². The van der Waals surface area contributed by atoms with Crippen LogP contribution in [-0.4, -0.2) is 58.5 Å². The van der Waals surface area contributed by atoms with Crippen LogP contribution >= 0.6 is 0 Å². The number of morpholine rings is 1. The highest BCUT2D eigenvalue weighted by Crippen LogP contribution is 2.27. The molecule has 2 saturated heterocycles. The first kappa shape index (κ1) is 16.6. The monoisotopic (exact) mass is 334 g/mol. The molecule has 2 aliphatic rings. The van der Waals surface area contributed by atoms with E-state index in [1.54, 1.807) is 18.7 Å². The van der Waals surface area contributed by atoms with E-state index in [4.69, 9.17) is 4.74 Å². The summed E-state index contributed by atoms with van der Waals surface area (Å²) in [5.41, 5.74) is 0.410. The van der Waals surface area contributed by atoms with Gasteiger partial charge in [0.15, 0.2) is 0 Å². The molecule has 8 heteroatoms. The molecular formula is C16H22N4O4. The summed E-state index contributed by atoms with van der Waals surface area (Å²) in [6.07, 6.45) is 1.42. The normalized spacial score (nSPS) is 20.1. The number of amides is 2. The molecule has 2 amide bonds. The van der Waals surface area contributed by atoms with E-state index in [9.17, 15) is 14.4 Å². The number of nitrogens with one attached hydrogen (secondary N) is 2. The summed E-state index contributed by atoms with van der Waals surface area (Å²) < 4.78 is 5.70. The lowest BCUT2D eigenvalue weighted by Gasteiger charge is -2.43. The average Bonchev–Trinajstić information content (AvgIpc) is 2.54. The van der Waals surface area contributed by atoms with Crippen LogP contribution in [0.25, 0.3) is 0 Å². The number of hydrogen-bond acceptors (Lipinski definition) is 5. The van der Waals surface area contributed by atoms with Gasteiger partial charge in [-0.25, -0.2) is 4.98 Å². The van der Waals surface area contributed by atoms with Crippen molar-refractivity contribution >= 4 is 11.8 Å². The van der Waals surface area contributed by atoms with Gasteiger partial charge in [0.1, 0.15) is 12.4 Å². The smallest absolute Gasteiger partial charge is 0.254 e. The molecule has 0 atom stereocenters. The number of nitrogens with zero attached hydrogens (tertiary/aromatic N) is 2. The van der Waals surface area contributed by atoms with Gasteiger partial charge in [-0.1, -0.05) is 0 Å². The number of aryl methyl sites for hydroxylation is 2. The minimum Gasteiger partial charge on any atom is -0.363 e. The molecule has 3 heterocycles. The zero-order valence-corrected chi connectivity index (χ0v) is 14.0. The van der Waals surface area contributed by atoms with E-state index >= 15 is 0 Å². The number of aromatic nitrogens is 2. The van der Waals surface area contributed by atoms with E-state index in [0.29, 0.717) is 49.6 Å². The van der Waals surface area contributed by atoms with E-state index in [0.717, 1.165) is 0 Å². The molecule has 0 saturated carbocycles. The fourth-order valence-corrected chi connectivity index (χ4v) is 3.29. The van der Waals surface area contributed by atoms with Crippen LogP contribution in [-0.2, 0) is 20.7 Å². The zero-order chi connectivity index (χ0) is 17.3. The Balaban J connectivity index is 1.62. The summed E-state index contributed by atoms with van der Waals surface area (Å²) in [5.74, 6) is 0.370. The Kier molecular flexibility index (Phi) is 4.40. The van der Waals surface area contributed by atoms with Gasteiger partial charge in [0.25, 0.3) is 5.56 Å². The zero-order valence-electron chi connectivity index (χ0n) is 14.0. The summed E-state index contributed by atoms with van der Waals surface area (Å²) in [5, 5.41) is 2.83. The number of carbonyl (C=O) groups excluding carboxylic acids is 2. The second-order valence-electron chi connectivity index (χ2n) is 6.52. The molecule has 0 bridgehead atoms. The van der Waals surface area contributed by atoms with Gasteiger partial charge in [-0.05, 0) is 26.7 Å². The standard InChI is InChI=1S/C16H22N4O4/c1-10-12(15(23)19-11(2)18-10)7-14(22)20-5-3-16(4-6-20)9-17-13(21)8-24-16/h3-9H2,1-2H3,(H,17,21)(H,18,19,23). The Morgan fingerprint density at radius 2 is 2.00 bits per heavy atom. The van der Waals surface area contributed by atoms with Crippen molar-refractivity contribution in [3.63, 3.8) is 0 Å². The third-order valence-corrected chi connectivity index (χ3v) is 4.81. The van der Waals surface area contributed by atoms with Crippen LogP contribution in [0.5, 0.6) is 0 Å². The molecule has 1 spiro atoms. The summed E-state index contributed by atoms with van der Waals surface area (Å²) in [6, 6.07) is 0. The topological polar surface area (TPSA) is 104 Å². The van der Waals surface area contributed by atoms with Crippen molar-refractivity contribution < 1.29 is 14.3 Å². The summed E-state index contributed by atoms with van der Waals surface area (Å²) in [4.78, 5) is 44.4. The fraction of sp³-hybridized carbons (Fsp3) is 0.625. The van der Waals surface area contributed by atoms with Gasteiger partial charge in [0.2, 0.25) is 11.8 Å². The second-order valence-corrected chi connectivity index (χ2v) is 6.52. The molecule has 0 aliphatic carbocycles. The Hall–Kier alpha value is -2.22. The Morgan fingerprint density at radius 1 is 1.29 bits per heavy atom. The average molecular weight is 334 g/mol. The number of likely N-dealkylation sites (tertiary alicyclic amines) is 1. The highest BCUT2D eigenvalue weighted by atomic mass is 16.5. The van der Waals surface area contributed by atoms with Gasteiger partial charge in [-0.3, -0.25) is 14.4 Å². The molecule has 2 fully saturated rings. The molecule has 0 radical (unpaired) electrons. The molecule has 0 aromatic carbocycles. The van der Waals surface area contributed by atoms with Crippen molar-refractivity contribution in [1.29, 1.82) is 0 Å². The van der Waals surface area contributed by atoms with E-state index in [2.05, 4.69) is 15.3 Å². The van der Waals surface area contributed by atoms with Crippen molar-refractivity contribution in [2.45, 2.75) is 38.7 Å². The molecule has 1 aromatic heterocycles. The minimum atomic E-state index is -0.358. The number of aromatic amines is 1. The van der Waals surface area contributed by atoms with Crippen LogP contribution in [0, 0.1) is 13.8 Å². The fourth-order valence-electron chi connectivity index (χ4n) is 3.29. The van der Waals surface area contributed by atoms with Crippen LogP contribution in [0.2, 0.25) is 0 Å². The van der Waals surface area contributed by atoms with Gasteiger partial charge in [0.05, 0.1) is 12.0 Å². The number of rotatable bonds is 2. The molecular weight excluding hydrogens is 312 g/mol. The SMILES string of the molecule is Cc1nc(C)c(CC(=O)N2CCC3(CC2)CNC(=O)CO3)c(=O)[nH]1. The van der Waals surface area contributed by atoms with Gasteiger partial charge in [-0.15, -0.1) is 0 Å². The first-order valence-electron chi connectivity index (χ1n) is 8.13. The second kappa shape index (κ2) is 6.35. The van der Waals surface area contributed by atoms with Crippen LogP contribution < -0.4 is 10.9 Å². The van der Waals surface area contributed by atoms with Crippen molar-refractivity contribution in [2.24, 2.45) is 0 Å². The first-order chi connectivity index (χ1) is 11.4. The predicted octanol–water partition coefficient (Wildman–Crippen LogP) is -0.563. The number of ether oxygens (including phenoxy) is 1. The molecule has 2 N–H and O–H groups in total. The molecule has 130 valence electrons. The van der Waals surface area contributed by atoms with Gasteiger partial charge < -0.3 is 19.9 Å². The van der Waals surface area contributed by atoms with E-state index in [1.165, 1.54) is 0 Å². The summed E-state index contributed by atoms with van der Waals surface area (Å²) in [6.45, 7) is 5.16. The van der Waals surface area contributed by atoms with Crippen LogP contribution in [0.4, 0.5) is 0 Å². The van der Waals surface area contributed by atoms with Crippen molar-refractivity contribution in [2.75, 3.05) is 26.2 Å². The summed E-state index contributed by atoms with van der Waals surface area (Å²) >= 11 is 0. The molecule has 24 heavy (non-hydrogen) atoms. The third kappa shape index (κ3) is 3.33. The minimum absolute atomic E-state index is 0.0546. The van der Waals surface area contributed by atoms with Gasteiger partial charge in [-0.2, -0.15) is 0 Å². The van der Waals surface area contributed by atoms with E-state index < -0.39 is 0 Å². The maximum atomic E-state index is 12.5. The third-order valence-electron chi connectivity index (χ3n) is 4.81. The summed E-state index contributed by atoms with van der Waals surface area (Å²) in [7, 11) is 0. The van der Waals surface area contributed by atoms with Gasteiger partial charge >= 0.3 is 0 Å². The molecule has 0 unspecified atom stereocenters. The van der Waals surface area contributed by atoms with Crippen LogP contribution in [0.3, 0.4) is 0 Å². The van der Waals surface area contributed by atoms with Gasteiger partial charge in [0, 0.05) is 30.9 Å². The Bertz CT molecular complexity index is 707. The van der Waals surface area contributed by atoms with E-state index in [1.807, 2.05) is 0 Å². The largest absolute Gasteiger partial charge is 0.363 e. The number of piperidine rings is 1. The lowest BCUT2D eigenvalue weighted by molar-refractivity contribution is -0.154. The lowest BCUT2D eigenvalue weighted by Crippen LogP contribution is -2.58. The van der Waals surface area contributed by atoms with Crippen LogP contribution in [0.1, 0.15) is 29.9 Å². The molecule has 3 rings (SSSR count). The number of H-pyrrole nitrogens is 1. The van der Waals surface area contributed by atoms with Crippen molar-refractivity contribution in [3.8, 4) is 0 Å². The maximum Gasteiger partial charge on any atom is 0.254 e. The Morgan fingerprint density at radius 3 is 2.58 bits per heavy atom. The highest BCUT2D eigenvalue weighted by molar-refractivity contribution is 5.79. The maximum absolute atomic E-state index is 12.5. The molecule has 8 nitrogen and oxygen atoms in total. The number of carbonyl (C=O) groups is 2. The van der Waals surface area contributed by atoms with Crippen molar-refractivity contribution in [3.05, 3.63) is 27.4 Å². The van der Waals surface area contributed by atoms with E-state index in [-0.39, 0.29) is 36.0 Å². The first-order valence-corrected chi connectivity index (χ1v) is 8.13.